The smallest absolute Gasteiger partial charge is 0.264 e. The van der Waals surface area contributed by atoms with Gasteiger partial charge < -0.3 is 5.32 Å². The molecular weight excluding hydrogens is 530 g/mol. The minimum absolute atomic E-state index is 0.0815. The highest BCUT2D eigenvalue weighted by Gasteiger charge is 2.22. The van der Waals surface area contributed by atoms with Crippen LogP contribution in [-0.4, -0.2) is 36.1 Å². The molecule has 8 nitrogen and oxygen atoms in total. The lowest BCUT2D eigenvalue weighted by Gasteiger charge is -2.19. The molecule has 0 aliphatic carbocycles. The molecule has 0 bridgehead atoms. The summed E-state index contributed by atoms with van der Waals surface area (Å²) in [5, 5.41) is 8.53. The number of anilines is 2. The predicted octanol–water partition coefficient (Wildman–Crippen LogP) is 5.83. The van der Waals surface area contributed by atoms with Crippen LogP contribution in [0.3, 0.4) is 0 Å². The molecule has 0 atom stereocenters. The first-order valence-corrected chi connectivity index (χ1v) is 13.9. The lowest BCUT2D eigenvalue weighted by molar-refractivity contribution is 0.102. The highest BCUT2D eigenvalue weighted by molar-refractivity contribution is 7.92. The summed E-state index contributed by atoms with van der Waals surface area (Å²) < 4.78 is 29.7. The first-order valence-electron chi connectivity index (χ1n) is 11.2. The average molecular weight is 552 g/mol. The molecular formula is C26H22ClN5O3S2. The van der Waals surface area contributed by atoms with Gasteiger partial charge in [-0.25, -0.2) is 13.4 Å². The fourth-order valence-electron chi connectivity index (χ4n) is 3.82. The highest BCUT2D eigenvalue weighted by atomic mass is 35.5. The van der Waals surface area contributed by atoms with Crippen molar-refractivity contribution in [3.8, 4) is 5.13 Å². The van der Waals surface area contributed by atoms with E-state index in [1.54, 1.807) is 35.0 Å². The Kier molecular flexibility index (Phi) is 6.49. The van der Waals surface area contributed by atoms with Crippen LogP contribution >= 0.6 is 22.9 Å². The van der Waals surface area contributed by atoms with Gasteiger partial charge in [-0.2, -0.15) is 9.78 Å². The topological polar surface area (TPSA) is 97.2 Å². The first-order chi connectivity index (χ1) is 17.6. The van der Waals surface area contributed by atoms with E-state index < -0.39 is 15.9 Å². The van der Waals surface area contributed by atoms with Crippen molar-refractivity contribution in [1.29, 1.82) is 0 Å². The number of carbonyl (C=O) groups excluding carboxylic acids is 1. The van der Waals surface area contributed by atoms with Crippen molar-refractivity contribution in [2.45, 2.75) is 18.7 Å². The number of halogens is 1. The van der Waals surface area contributed by atoms with Gasteiger partial charge in [-0.1, -0.05) is 47.2 Å². The summed E-state index contributed by atoms with van der Waals surface area (Å²) in [6.45, 7) is 3.78. The minimum atomic E-state index is -3.78. The number of nitrogens with zero attached hydrogens (tertiary/aromatic N) is 4. The SMILES string of the molecule is Cc1cc(NC(=O)c2ccc(S(=O)(=O)N(C)c3ccccc3)cc2)n(-c2nc3c(C)ccc(Cl)c3s2)n1. The summed E-state index contributed by atoms with van der Waals surface area (Å²) in [7, 11) is -2.29. The van der Waals surface area contributed by atoms with Crippen LogP contribution in [0.2, 0.25) is 5.02 Å². The second kappa shape index (κ2) is 9.62. The number of benzene rings is 3. The van der Waals surface area contributed by atoms with Gasteiger partial charge in [-0.15, -0.1) is 0 Å². The highest BCUT2D eigenvalue weighted by Crippen LogP contribution is 2.34. The summed E-state index contributed by atoms with van der Waals surface area (Å²) in [6, 6.07) is 20.1. The van der Waals surface area contributed by atoms with Crippen molar-refractivity contribution >= 4 is 60.6 Å². The van der Waals surface area contributed by atoms with Crippen LogP contribution in [0.5, 0.6) is 0 Å². The van der Waals surface area contributed by atoms with Gasteiger partial charge in [-0.05, 0) is 61.9 Å². The third-order valence-corrected chi connectivity index (χ3v) is 9.13. The lowest BCUT2D eigenvalue weighted by atomic mass is 10.2. The Balaban J connectivity index is 1.40. The molecule has 0 aliphatic heterocycles. The quantitative estimate of drug-likeness (QED) is 0.286. The maximum atomic E-state index is 13.1. The Morgan fingerprint density at radius 1 is 1.03 bits per heavy atom. The zero-order valence-corrected chi connectivity index (χ0v) is 22.5. The van der Waals surface area contributed by atoms with Crippen molar-refractivity contribution in [2.75, 3.05) is 16.7 Å². The van der Waals surface area contributed by atoms with Crippen molar-refractivity contribution in [2.24, 2.45) is 0 Å². The molecule has 2 aromatic heterocycles. The normalized spacial score (nSPS) is 11.6. The molecule has 1 amide bonds. The van der Waals surface area contributed by atoms with E-state index in [0.29, 0.717) is 32.9 Å². The van der Waals surface area contributed by atoms with Gasteiger partial charge in [0, 0.05) is 18.7 Å². The maximum Gasteiger partial charge on any atom is 0.264 e. The Morgan fingerprint density at radius 2 is 1.73 bits per heavy atom. The summed E-state index contributed by atoms with van der Waals surface area (Å²) in [5.74, 6) is 0.0349. The van der Waals surface area contributed by atoms with Gasteiger partial charge in [-0.3, -0.25) is 9.10 Å². The van der Waals surface area contributed by atoms with Crippen molar-refractivity contribution in [3.63, 3.8) is 0 Å². The molecule has 188 valence electrons. The van der Waals surface area contributed by atoms with E-state index in [0.717, 1.165) is 15.8 Å². The molecule has 2 heterocycles. The van der Waals surface area contributed by atoms with Gasteiger partial charge >= 0.3 is 0 Å². The molecule has 11 heteroatoms. The Labute approximate surface area is 223 Å². The predicted molar refractivity (Wildman–Crippen MR) is 148 cm³/mol. The van der Waals surface area contributed by atoms with Gasteiger partial charge in [0.2, 0.25) is 5.13 Å². The Hall–Kier alpha value is -3.73. The molecule has 0 saturated carbocycles. The average Bonchev–Trinajstić information content (AvgIpc) is 3.51. The molecule has 37 heavy (non-hydrogen) atoms. The van der Waals surface area contributed by atoms with Crippen LogP contribution in [0.1, 0.15) is 21.6 Å². The minimum Gasteiger partial charge on any atom is -0.306 e. The van der Waals surface area contributed by atoms with E-state index in [9.17, 15) is 13.2 Å². The number of amides is 1. The summed E-state index contributed by atoms with van der Waals surface area (Å²) in [5.41, 5.74) is 3.32. The van der Waals surface area contributed by atoms with Crippen LogP contribution in [0.15, 0.2) is 77.7 Å². The molecule has 0 unspecified atom stereocenters. The van der Waals surface area contributed by atoms with E-state index in [2.05, 4.69) is 15.4 Å². The fourth-order valence-corrected chi connectivity index (χ4v) is 6.29. The Bertz CT molecular complexity index is 1690. The third-order valence-electron chi connectivity index (χ3n) is 5.83. The van der Waals surface area contributed by atoms with Crippen molar-refractivity contribution in [1.82, 2.24) is 14.8 Å². The van der Waals surface area contributed by atoms with E-state index in [1.807, 2.05) is 32.0 Å². The van der Waals surface area contributed by atoms with Crippen LogP contribution < -0.4 is 9.62 Å². The van der Waals surface area contributed by atoms with E-state index >= 15 is 0 Å². The molecule has 5 aromatic rings. The largest absolute Gasteiger partial charge is 0.306 e. The number of sulfonamides is 1. The van der Waals surface area contributed by atoms with Crippen molar-refractivity contribution in [3.05, 3.63) is 94.6 Å². The number of rotatable bonds is 6. The summed E-state index contributed by atoms with van der Waals surface area (Å²) in [4.78, 5) is 17.8. The number of fused-ring (bicyclic) bond motifs is 1. The van der Waals surface area contributed by atoms with E-state index in [1.165, 1.54) is 47.0 Å². The monoisotopic (exact) mass is 551 g/mol. The molecule has 3 aromatic carbocycles. The number of aryl methyl sites for hydroxylation is 2. The molecule has 0 aliphatic rings. The van der Waals surface area contributed by atoms with Gasteiger partial charge in [0.25, 0.3) is 15.9 Å². The zero-order valence-electron chi connectivity index (χ0n) is 20.1. The molecule has 5 rings (SSSR count). The standard InChI is InChI=1S/C26H22ClN5O3S2/c1-16-9-14-21(27)24-23(16)29-26(36-24)32-22(15-17(2)30-32)28-25(33)18-10-12-20(13-11-18)37(34,35)31(3)19-7-5-4-6-8-19/h4-15H,1-3H3,(H,28,33). The number of para-hydroxylation sites is 1. The van der Waals surface area contributed by atoms with Crippen LogP contribution in [0.4, 0.5) is 11.5 Å². The van der Waals surface area contributed by atoms with E-state index in [4.69, 9.17) is 11.6 Å². The molecule has 1 N–H and O–H groups in total. The second-order valence-electron chi connectivity index (χ2n) is 8.41. The van der Waals surface area contributed by atoms with Crippen LogP contribution in [0.25, 0.3) is 15.3 Å². The fraction of sp³-hybridized carbons (Fsp3) is 0.115. The van der Waals surface area contributed by atoms with Crippen molar-refractivity contribution < 1.29 is 13.2 Å². The number of aromatic nitrogens is 3. The van der Waals surface area contributed by atoms with Gasteiger partial charge in [0.1, 0.15) is 5.82 Å². The van der Waals surface area contributed by atoms with E-state index in [-0.39, 0.29) is 4.90 Å². The summed E-state index contributed by atoms with van der Waals surface area (Å²) in [6.07, 6.45) is 0. The molecule has 0 fully saturated rings. The Morgan fingerprint density at radius 3 is 2.41 bits per heavy atom. The second-order valence-corrected chi connectivity index (χ2v) is 11.8. The first kappa shape index (κ1) is 24.9. The molecule has 0 radical (unpaired) electrons. The van der Waals surface area contributed by atoms with Gasteiger partial charge in [0.05, 0.1) is 31.5 Å². The summed E-state index contributed by atoms with van der Waals surface area (Å²) >= 11 is 7.75. The van der Waals surface area contributed by atoms with Gasteiger partial charge in [0.15, 0.2) is 0 Å². The van der Waals surface area contributed by atoms with Crippen LogP contribution in [0, 0.1) is 13.8 Å². The lowest BCUT2D eigenvalue weighted by Crippen LogP contribution is -2.26. The number of hydrogen-bond donors (Lipinski definition) is 1. The molecule has 0 spiro atoms. The number of carbonyl (C=O) groups is 1. The number of thiazole rings is 1. The number of nitrogens with one attached hydrogen (secondary N) is 1. The maximum absolute atomic E-state index is 13.1. The number of hydrogen-bond acceptors (Lipinski definition) is 6. The third kappa shape index (κ3) is 4.71. The van der Waals surface area contributed by atoms with Crippen LogP contribution in [-0.2, 0) is 10.0 Å². The zero-order chi connectivity index (χ0) is 26.3. The molecule has 0 saturated heterocycles.